The van der Waals surface area contributed by atoms with E-state index in [9.17, 15) is 24.3 Å². The molecule has 0 unspecified atom stereocenters. The molecule has 5 aromatic rings. The average molecular weight is 770 g/mol. The topological polar surface area (TPSA) is 126 Å². The molecule has 270 valence electrons. The molecule has 0 bridgehead atoms. The summed E-state index contributed by atoms with van der Waals surface area (Å²) < 4.78 is 8.75. The fourth-order valence-electron chi connectivity index (χ4n) is 9.36. The molecule has 53 heavy (non-hydrogen) atoms. The first-order valence-electron chi connectivity index (χ1n) is 17.5. The van der Waals surface area contributed by atoms with Crippen molar-refractivity contribution < 1.29 is 28.7 Å². The lowest BCUT2D eigenvalue weighted by atomic mass is 9.52. The summed E-state index contributed by atoms with van der Waals surface area (Å²) in [7, 11) is 1.71. The molecule has 1 saturated carbocycles. The molecule has 13 heteroatoms. The summed E-state index contributed by atoms with van der Waals surface area (Å²) in [5.74, 6) is -3.86. The number of fused-ring (bicyclic) bond motifs is 5. The minimum absolute atomic E-state index is 0.192. The number of aryl methyl sites for hydroxylation is 3. The van der Waals surface area contributed by atoms with Crippen LogP contribution in [-0.4, -0.2) is 38.5 Å². The third-order valence-corrected chi connectivity index (χ3v) is 14.0. The van der Waals surface area contributed by atoms with Crippen LogP contribution in [0.25, 0.3) is 20.7 Å². The molecule has 10 nitrogen and oxygen atoms in total. The summed E-state index contributed by atoms with van der Waals surface area (Å²) in [5.41, 5.74) is 2.34. The molecular weight excluding hydrogens is 735 g/mol. The number of thiophene rings is 1. The molecule has 2 saturated heterocycles. The van der Waals surface area contributed by atoms with E-state index in [1.165, 1.54) is 9.80 Å². The van der Waals surface area contributed by atoms with E-state index in [0.29, 0.717) is 45.2 Å². The number of aromatic nitrogens is 2. The van der Waals surface area contributed by atoms with Gasteiger partial charge in [0, 0.05) is 27.9 Å². The van der Waals surface area contributed by atoms with E-state index in [4.69, 9.17) is 32.7 Å². The van der Waals surface area contributed by atoms with E-state index in [0.717, 1.165) is 31.7 Å². The highest BCUT2D eigenvalue weighted by Crippen LogP contribution is 2.64. The van der Waals surface area contributed by atoms with Crippen LogP contribution in [0.2, 0.25) is 10.0 Å². The van der Waals surface area contributed by atoms with Crippen molar-refractivity contribution in [1.29, 1.82) is 0 Å². The molecule has 3 aromatic heterocycles. The Morgan fingerprint density at radius 1 is 0.962 bits per heavy atom. The Hall–Kier alpha value is -4.55. The molecule has 4 amide bonds. The number of nitrogens with zero attached hydrogens (tertiary/aromatic N) is 4. The summed E-state index contributed by atoms with van der Waals surface area (Å²) in [5, 5.41) is 16.8. The number of benzene rings is 2. The molecule has 6 atom stereocenters. The first kappa shape index (κ1) is 34.2. The second kappa shape index (κ2) is 12.0. The van der Waals surface area contributed by atoms with Crippen molar-refractivity contribution in [3.05, 3.63) is 98.9 Å². The van der Waals surface area contributed by atoms with Gasteiger partial charge in [0.15, 0.2) is 0 Å². The fraction of sp³-hybridized carbons (Fsp3) is 0.325. The molecule has 2 aliphatic carbocycles. The summed E-state index contributed by atoms with van der Waals surface area (Å²) in [6, 6.07) is 16.0. The quantitative estimate of drug-likeness (QED) is 0.143. The largest absolute Gasteiger partial charge is 0.463 e. The Kier molecular flexibility index (Phi) is 7.74. The Balaban J connectivity index is 1.14. The lowest BCUT2D eigenvalue weighted by Gasteiger charge is -2.48. The minimum Gasteiger partial charge on any atom is -0.463 e. The van der Waals surface area contributed by atoms with Gasteiger partial charge in [-0.05, 0) is 98.5 Å². The SMILES string of the molecule is Cc1ccc(N2C(=O)[C@H]3[C@H](CC=C4[C@H]3C[C@H]3C(=O)N(c5cc(-c6sc7ccc(Cl)cc7c6C)nn5C)C(=O)[C@@]3(C)[C@H]4c3ccc(CO)o3)C2=O)cc1Cl. The predicted octanol–water partition coefficient (Wildman–Crippen LogP) is 7.75. The van der Waals surface area contributed by atoms with Gasteiger partial charge in [-0.25, -0.2) is 9.80 Å². The van der Waals surface area contributed by atoms with Crippen LogP contribution in [0.5, 0.6) is 0 Å². The van der Waals surface area contributed by atoms with Gasteiger partial charge in [0.05, 0.1) is 39.7 Å². The van der Waals surface area contributed by atoms with Crippen molar-refractivity contribution in [2.75, 3.05) is 9.80 Å². The number of allylic oxidation sites excluding steroid dienone is 2. The average Bonchev–Trinajstić information content (AvgIpc) is 3.92. The lowest BCUT2D eigenvalue weighted by Crippen LogP contribution is -2.48. The van der Waals surface area contributed by atoms with E-state index in [1.54, 1.807) is 66.4 Å². The van der Waals surface area contributed by atoms with Gasteiger partial charge in [-0.3, -0.25) is 23.9 Å². The van der Waals surface area contributed by atoms with Crippen LogP contribution in [-0.2, 0) is 32.8 Å². The van der Waals surface area contributed by atoms with Gasteiger partial charge in [0.2, 0.25) is 23.6 Å². The van der Waals surface area contributed by atoms with E-state index in [2.05, 4.69) is 0 Å². The normalized spacial score (nSPS) is 26.8. The van der Waals surface area contributed by atoms with Crippen molar-refractivity contribution in [2.24, 2.45) is 36.1 Å². The van der Waals surface area contributed by atoms with Crippen LogP contribution in [0, 0.1) is 42.9 Å². The van der Waals surface area contributed by atoms with Crippen LogP contribution in [0.4, 0.5) is 11.5 Å². The fourth-order valence-corrected chi connectivity index (χ4v) is 10.9. The van der Waals surface area contributed by atoms with Crippen molar-refractivity contribution >= 4 is 79.8 Å². The summed E-state index contributed by atoms with van der Waals surface area (Å²) in [6.45, 7) is 5.30. The highest BCUT2D eigenvalue weighted by atomic mass is 35.5. The van der Waals surface area contributed by atoms with Gasteiger partial charge in [0.25, 0.3) is 0 Å². The number of anilines is 2. The molecule has 3 fully saturated rings. The number of hydrogen-bond donors (Lipinski definition) is 1. The number of amides is 4. The van der Waals surface area contributed by atoms with Gasteiger partial charge in [0.1, 0.15) is 29.6 Å². The van der Waals surface area contributed by atoms with E-state index >= 15 is 0 Å². The number of furan rings is 1. The zero-order valence-corrected chi connectivity index (χ0v) is 31.6. The van der Waals surface area contributed by atoms with Crippen LogP contribution >= 0.6 is 34.5 Å². The summed E-state index contributed by atoms with van der Waals surface area (Å²) in [4.78, 5) is 61.5. The van der Waals surface area contributed by atoms with E-state index in [-0.39, 0.29) is 24.8 Å². The van der Waals surface area contributed by atoms with Crippen molar-refractivity contribution in [2.45, 2.75) is 46.1 Å². The Morgan fingerprint density at radius 3 is 2.49 bits per heavy atom. The van der Waals surface area contributed by atoms with Crippen LogP contribution < -0.4 is 9.80 Å². The van der Waals surface area contributed by atoms with E-state index < -0.39 is 46.8 Å². The molecule has 2 aromatic carbocycles. The van der Waals surface area contributed by atoms with Crippen molar-refractivity contribution in [1.82, 2.24) is 9.78 Å². The first-order valence-corrected chi connectivity index (χ1v) is 19.1. The maximum atomic E-state index is 15.0. The smallest absolute Gasteiger partial charge is 0.242 e. The number of halogens is 2. The Bertz CT molecular complexity index is 2480. The Morgan fingerprint density at radius 2 is 1.75 bits per heavy atom. The van der Waals surface area contributed by atoms with Crippen molar-refractivity contribution in [3.63, 3.8) is 0 Å². The second-order valence-electron chi connectivity index (χ2n) is 14.8. The highest BCUT2D eigenvalue weighted by molar-refractivity contribution is 7.22. The van der Waals surface area contributed by atoms with Crippen LogP contribution in [0.1, 0.15) is 48.3 Å². The number of hydrogen-bond acceptors (Lipinski definition) is 8. The molecule has 2 aliphatic heterocycles. The molecular formula is C40H34Cl2N4O6S. The number of aliphatic hydroxyl groups excluding tert-OH is 1. The minimum atomic E-state index is -1.30. The number of carbonyl (C=O) groups excluding carboxylic acids is 4. The zero-order valence-electron chi connectivity index (χ0n) is 29.2. The van der Waals surface area contributed by atoms with Gasteiger partial charge < -0.3 is 9.52 Å². The molecule has 1 N–H and O–H groups in total. The van der Waals surface area contributed by atoms with Crippen LogP contribution in [0.3, 0.4) is 0 Å². The van der Waals surface area contributed by atoms with Gasteiger partial charge >= 0.3 is 0 Å². The monoisotopic (exact) mass is 768 g/mol. The molecule has 0 spiro atoms. The maximum Gasteiger partial charge on any atom is 0.242 e. The maximum absolute atomic E-state index is 15.0. The third-order valence-electron chi connectivity index (χ3n) is 12.0. The first-order chi connectivity index (χ1) is 25.3. The highest BCUT2D eigenvalue weighted by Gasteiger charge is 2.68. The second-order valence-corrected chi connectivity index (χ2v) is 16.7. The van der Waals surface area contributed by atoms with Gasteiger partial charge in [-0.1, -0.05) is 40.9 Å². The van der Waals surface area contributed by atoms with Crippen LogP contribution in [0.15, 0.2) is 70.7 Å². The Labute approximate surface area is 318 Å². The van der Waals surface area contributed by atoms with Crippen molar-refractivity contribution in [3.8, 4) is 10.6 Å². The number of carbonyl (C=O) groups is 4. The molecule has 9 rings (SSSR count). The van der Waals surface area contributed by atoms with Gasteiger partial charge in [-0.15, -0.1) is 11.3 Å². The molecule has 5 heterocycles. The lowest BCUT2D eigenvalue weighted by molar-refractivity contribution is -0.131. The zero-order chi connectivity index (χ0) is 37.2. The number of rotatable bonds is 5. The number of aliphatic hydroxyl groups is 1. The predicted molar refractivity (Wildman–Crippen MR) is 202 cm³/mol. The summed E-state index contributed by atoms with van der Waals surface area (Å²) >= 11 is 14.3. The van der Waals surface area contributed by atoms with E-state index in [1.807, 2.05) is 38.1 Å². The standard InChI is InChI=1S/C40H34Cl2N4O6S/c1-18-5-7-21(14-28(18)42)45-36(48)24-10-9-23-26(33(24)38(45)50)15-27-37(49)46(39(51)40(27,3)34(23)30-11-8-22(17-47)52-30)32-16-29(43-44(32)4)35-19(2)25-13-20(41)6-12-31(25)53-35/h5-9,11-14,16,24,26-27,33-34,47H,10,15,17H2,1-4H3/t24-,26+,27-,33-,34+,40+/m0/s1. The number of imide groups is 2. The molecule has 4 aliphatic rings. The summed E-state index contributed by atoms with van der Waals surface area (Å²) in [6.07, 6.45) is 2.45. The third kappa shape index (κ3) is 4.76. The molecule has 0 radical (unpaired) electrons. The van der Waals surface area contributed by atoms with Gasteiger partial charge in [-0.2, -0.15) is 5.10 Å².